The van der Waals surface area contributed by atoms with Gasteiger partial charge in [-0.25, -0.2) is 0 Å². The van der Waals surface area contributed by atoms with E-state index >= 15 is 0 Å². The van der Waals surface area contributed by atoms with Gasteiger partial charge in [-0.1, -0.05) is 0 Å². The molecule has 0 aliphatic rings. The summed E-state index contributed by atoms with van der Waals surface area (Å²) >= 11 is 0. The second kappa shape index (κ2) is 7.02. The van der Waals surface area contributed by atoms with E-state index in [2.05, 4.69) is 10.3 Å². The molecule has 0 aromatic carbocycles. The largest absolute Gasteiger partial charge is 1.00 e. The minimum absolute atomic E-state index is 0. The molecule has 0 atom stereocenters. The van der Waals surface area contributed by atoms with E-state index in [1.807, 2.05) is 12.1 Å². The molecule has 6 heteroatoms. The monoisotopic (exact) mass is 238 g/mol. The molecule has 0 bridgehead atoms. The summed E-state index contributed by atoms with van der Waals surface area (Å²) in [6.45, 7) is 1.05. The van der Waals surface area contributed by atoms with Crippen LogP contribution in [-0.4, -0.2) is 11.0 Å². The van der Waals surface area contributed by atoms with Crippen LogP contribution in [0.25, 0.3) is 0 Å². The number of hydrogen-bond donors (Lipinski definition) is 1. The van der Waals surface area contributed by atoms with Gasteiger partial charge in [0.2, 0.25) is 0 Å². The Morgan fingerprint density at radius 2 is 2.22 bits per heavy atom. The third-order valence-corrected chi connectivity index (χ3v) is 2.24. The minimum Gasteiger partial charge on any atom is -0.545 e. The van der Waals surface area contributed by atoms with E-state index in [-0.39, 0.29) is 24.4 Å². The van der Waals surface area contributed by atoms with Crippen LogP contribution in [-0.2, 0) is 13.1 Å². The van der Waals surface area contributed by atoms with Crippen molar-refractivity contribution in [1.29, 1.82) is 0 Å². The Bertz CT molecular complexity index is 500. The number of nitrogens with zero attached hydrogens (tertiary/aromatic N) is 1. The van der Waals surface area contributed by atoms with Gasteiger partial charge in [0, 0.05) is 18.3 Å². The number of carboxylic acids is 1. The zero-order valence-corrected chi connectivity index (χ0v) is 10.1. The molecule has 0 saturated heterocycles. The van der Waals surface area contributed by atoms with Gasteiger partial charge in [-0.2, -0.15) is 0 Å². The molecule has 0 saturated carbocycles. The molecule has 0 spiro atoms. The molecule has 2 rings (SSSR count). The van der Waals surface area contributed by atoms with Crippen LogP contribution in [0.5, 0.6) is 0 Å². The van der Waals surface area contributed by atoms with Crippen molar-refractivity contribution < 1.29 is 33.2 Å². The smallest absolute Gasteiger partial charge is 0.545 e. The zero-order valence-electron chi connectivity index (χ0n) is 10.1. The summed E-state index contributed by atoms with van der Waals surface area (Å²) in [5.41, 5.74) is 0.785. The topological polar surface area (TPSA) is 78.2 Å². The molecule has 0 fully saturated rings. The summed E-state index contributed by atoms with van der Waals surface area (Å²) in [4.78, 5) is 14.7. The Hall–Kier alpha value is -1.54. The van der Waals surface area contributed by atoms with Crippen molar-refractivity contribution in [2.24, 2.45) is 0 Å². The fourth-order valence-electron chi connectivity index (χ4n) is 1.43. The molecule has 18 heavy (non-hydrogen) atoms. The van der Waals surface area contributed by atoms with Crippen LogP contribution < -0.4 is 29.3 Å². The van der Waals surface area contributed by atoms with Gasteiger partial charge >= 0.3 is 18.9 Å². The molecule has 0 aliphatic heterocycles. The number of rotatable bonds is 5. The maximum absolute atomic E-state index is 10.6. The summed E-state index contributed by atoms with van der Waals surface area (Å²) in [5, 5.41) is 13.7. The number of aromatic carboxylic acids is 1. The first-order valence-electron chi connectivity index (χ1n) is 5.15. The van der Waals surface area contributed by atoms with Gasteiger partial charge in [0.25, 0.3) is 0 Å². The maximum Gasteiger partial charge on any atom is 1.00 e. The van der Waals surface area contributed by atoms with Crippen molar-refractivity contribution in [2.45, 2.75) is 13.1 Å². The molecule has 5 nitrogen and oxygen atoms in total. The molecule has 0 aliphatic carbocycles. The summed E-state index contributed by atoms with van der Waals surface area (Å²) < 4.78 is 5.15. The van der Waals surface area contributed by atoms with Crippen molar-refractivity contribution in [1.82, 2.24) is 10.3 Å². The maximum atomic E-state index is 10.6. The van der Waals surface area contributed by atoms with Crippen molar-refractivity contribution in [3.63, 3.8) is 0 Å². The number of aromatic nitrogens is 1. The number of carbonyl (C=O) groups excluding carboxylic acids is 1. The minimum atomic E-state index is -1.19. The standard InChI is InChI=1S/C12H12N2O3.Li/c15-12(16)9-3-4-14-10(6-9)7-13-8-11-2-1-5-17-11;/h1-6,13H,7-8H2,(H,15,16);/q;+1/p-1. The van der Waals surface area contributed by atoms with Crippen LogP contribution >= 0.6 is 0 Å². The number of carbonyl (C=O) groups is 1. The predicted octanol–water partition coefficient (Wildman–Crippen LogP) is -2.67. The molecule has 2 heterocycles. The zero-order chi connectivity index (χ0) is 12.1. The summed E-state index contributed by atoms with van der Waals surface area (Å²) in [6.07, 6.45) is 3.06. The molecule has 0 radical (unpaired) electrons. The van der Waals surface area contributed by atoms with Gasteiger partial charge in [-0.3, -0.25) is 4.98 Å². The Labute approximate surface area is 116 Å². The molecular formula is C12H11LiN2O3. The van der Waals surface area contributed by atoms with Gasteiger partial charge in [-0.15, -0.1) is 0 Å². The van der Waals surface area contributed by atoms with Crippen LogP contribution in [0.2, 0.25) is 0 Å². The third kappa shape index (κ3) is 4.04. The van der Waals surface area contributed by atoms with Gasteiger partial charge in [0.1, 0.15) is 5.76 Å². The average molecular weight is 238 g/mol. The van der Waals surface area contributed by atoms with Gasteiger partial charge in [0.15, 0.2) is 0 Å². The van der Waals surface area contributed by atoms with E-state index < -0.39 is 5.97 Å². The Kier molecular flexibility index (Phi) is 5.66. The molecule has 2 aromatic rings. The normalized spacial score (nSPS) is 9.78. The van der Waals surface area contributed by atoms with E-state index in [0.29, 0.717) is 18.8 Å². The molecule has 0 amide bonds. The second-order valence-electron chi connectivity index (χ2n) is 3.51. The SMILES string of the molecule is O=C([O-])c1ccnc(CNCc2ccco2)c1.[Li+]. The molecule has 2 aromatic heterocycles. The fourth-order valence-corrected chi connectivity index (χ4v) is 1.43. The van der Waals surface area contributed by atoms with Gasteiger partial charge in [-0.05, 0) is 24.3 Å². The number of nitrogens with one attached hydrogen (secondary N) is 1. The van der Waals surface area contributed by atoms with Crippen LogP contribution in [0.15, 0.2) is 41.1 Å². The van der Waals surface area contributed by atoms with E-state index in [4.69, 9.17) is 4.42 Å². The van der Waals surface area contributed by atoms with Crippen molar-refractivity contribution in [3.8, 4) is 0 Å². The number of pyridine rings is 1. The average Bonchev–Trinajstić information content (AvgIpc) is 2.82. The second-order valence-corrected chi connectivity index (χ2v) is 3.51. The Balaban J connectivity index is 0.00000162. The van der Waals surface area contributed by atoms with Crippen LogP contribution in [0, 0.1) is 0 Å². The summed E-state index contributed by atoms with van der Waals surface area (Å²) in [6, 6.07) is 6.57. The Morgan fingerprint density at radius 3 is 2.89 bits per heavy atom. The summed E-state index contributed by atoms with van der Waals surface area (Å²) in [5.74, 6) is -0.374. The van der Waals surface area contributed by atoms with Crippen molar-refractivity contribution >= 4 is 5.97 Å². The van der Waals surface area contributed by atoms with Crippen LogP contribution in [0.1, 0.15) is 21.8 Å². The van der Waals surface area contributed by atoms with Gasteiger partial charge in [0.05, 0.1) is 24.5 Å². The molecule has 0 unspecified atom stereocenters. The van der Waals surface area contributed by atoms with Crippen molar-refractivity contribution in [2.75, 3.05) is 0 Å². The van der Waals surface area contributed by atoms with Gasteiger partial charge < -0.3 is 19.6 Å². The van der Waals surface area contributed by atoms with Crippen molar-refractivity contribution in [3.05, 3.63) is 53.7 Å². The van der Waals surface area contributed by atoms with Crippen LogP contribution in [0.4, 0.5) is 0 Å². The number of furan rings is 1. The molecular weight excluding hydrogens is 227 g/mol. The first kappa shape index (κ1) is 14.5. The predicted molar refractivity (Wildman–Crippen MR) is 57.8 cm³/mol. The van der Waals surface area contributed by atoms with E-state index in [0.717, 1.165) is 5.76 Å². The Morgan fingerprint density at radius 1 is 1.39 bits per heavy atom. The van der Waals surface area contributed by atoms with E-state index in [9.17, 15) is 9.90 Å². The summed E-state index contributed by atoms with van der Waals surface area (Å²) in [7, 11) is 0. The van der Waals surface area contributed by atoms with E-state index in [1.54, 1.807) is 6.26 Å². The van der Waals surface area contributed by atoms with Crippen LogP contribution in [0.3, 0.4) is 0 Å². The molecule has 88 valence electrons. The van der Waals surface area contributed by atoms with E-state index in [1.165, 1.54) is 18.3 Å². The first-order chi connectivity index (χ1) is 8.25. The quantitative estimate of drug-likeness (QED) is 0.575. The molecule has 1 N–H and O–H groups in total. The first-order valence-corrected chi connectivity index (χ1v) is 5.15. The third-order valence-electron chi connectivity index (χ3n) is 2.24. The number of carboxylic acid groups (broad SMARTS) is 1. The fraction of sp³-hybridized carbons (Fsp3) is 0.167. The number of hydrogen-bond acceptors (Lipinski definition) is 5.